The Morgan fingerprint density at radius 2 is 1.71 bits per heavy atom. The summed E-state index contributed by atoms with van der Waals surface area (Å²) < 4.78 is 15.2. The van der Waals surface area contributed by atoms with Crippen LogP contribution in [0.15, 0.2) is 30.3 Å². The van der Waals surface area contributed by atoms with E-state index >= 15 is 0 Å². The predicted octanol–water partition coefficient (Wildman–Crippen LogP) is 1.60. The first-order valence-electron chi connectivity index (χ1n) is 9.36. The molecule has 0 radical (unpaired) electrons. The number of benzene rings is 1. The van der Waals surface area contributed by atoms with Crippen molar-refractivity contribution in [2.75, 3.05) is 33.9 Å². The third kappa shape index (κ3) is 7.41. The highest BCUT2D eigenvalue weighted by Gasteiger charge is 2.15. The SMILES string of the molecule is COc1ccc(C(=O)NCC(=O)OCC(=O)c2ccc(CCNC(C)=O)s2)cc1OC. The number of hydrogen-bond donors (Lipinski definition) is 2. The van der Waals surface area contributed by atoms with Crippen molar-refractivity contribution >= 4 is 34.9 Å². The molecule has 0 saturated heterocycles. The molecule has 0 spiro atoms. The lowest BCUT2D eigenvalue weighted by Crippen LogP contribution is -2.31. The second kappa shape index (κ2) is 11.7. The van der Waals surface area contributed by atoms with Crippen LogP contribution in [0.1, 0.15) is 31.8 Å². The first kappa shape index (κ1) is 23.9. The van der Waals surface area contributed by atoms with E-state index in [-0.39, 0.29) is 23.8 Å². The maximum absolute atomic E-state index is 12.2. The average molecular weight is 448 g/mol. The van der Waals surface area contributed by atoms with Gasteiger partial charge >= 0.3 is 5.97 Å². The van der Waals surface area contributed by atoms with Gasteiger partial charge in [0.1, 0.15) is 6.54 Å². The van der Waals surface area contributed by atoms with Crippen LogP contribution >= 0.6 is 11.3 Å². The second-order valence-electron chi connectivity index (χ2n) is 6.34. The van der Waals surface area contributed by atoms with E-state index in [4.69, 9.17) is 14.2 Å². The molecule has 0 saturated carbocycles. The Morgan fingerprint density at radius 1 is 0.968 bits per heavy atom. The fourth-order valence-electron chi connectivity index (χ4n) is 2.52. The summed E-state index contributed by atoms with van der Waals surface area (Å²) in [5.74, 6) is -0.816. The van der Waals surface area contributed by atoms with E-state index in [1.807, 2.05) is 0 Å². The number of nitrogens with one attached hydrogen (secondary N) is 2. The van der Waals surface area contributed by atoms with Crippen LogP contribution in [0.3, 0.4) is 0 Å². The van der Waals surface area contributed by atoms with Crippen LogP contribution in [0.4, 0.5) is 0 Å². The summed E-state index contributed by atoms with van der Waals surface area (Å²) in [5, 5.41) is 5.12. The molecule has 0 unspecified atom stereocenters. The molecule has 0 bridgehead atoms. The van der Waals surface area contributed by atoms with Crippen molar-refractivity contribution in [3.05, 3.63) is 45.6 Å². The molecule has 31 heavy (non-hydrogen) atoms. The van der Waals surface area contributed by atoms with Crippen molar-refractivity contribution in [2.45, 2.75) is 13.3 Å². The number of Topliss-reactive ketones (excluding diaryl/α,β-unsaturated/α-hetero) is 1. The zero-order chi connectivity index (χ0) is 22.8. The molecule has 1 aromatic heterocycles. The molecule has 0 aliphatic heterocycles. The lowest BCUT2D eigenvalue weighted by molar-refractivity contribution is -0.141. The third-order valence-corrected chi connectivity index (χ3v) is 5.27. The molecule has 1 aromatic carbocycles. The minimum absolute atomic E-state index is 0.113. The van der Waals surface area contributed by atoms with Gasteiger partial charge in [0.05, 0.1) is 19.1 Å². The first-order chi connectivity index (χ1) is 14.8. The van der Waals surface area contributed by atoms with Gasteiger partial charge in [0, 0.05) is 23.9 Å². The van der Waals surface area contributed by atoms with Crippen LogP contribution in [0.5, 0.6) is 11.5 Å². The van der Waals surface area contributed by atoms with Crippen LogP contribution in [0.25, 0.3) is 0 Å². The number of carbonyl (C=O) groups is 4. The summed E-state index contributed by atoms with van der Waals surface area (Å²) in [6.07, 6.45) is 0.611. The molecule has 2 amide bonds. The molecule has 2 rings (SSSR count). The zero-order valence-electron chi connectivity index (χ0n) is 17.5. The lowest BCUT2D eigenvalue weighted by atomic mass is 10.2. The predicted molar refractivity (Wildman–Crippen MR) is 114 cm³/mol. The van der Waals surface area contributed by atoms with Crippen LogP contribution in [0.2, 0.25) is 0 Å². The monoisotopic (exact) mass is 448 g/mol. The number of ether oxygens (including phenoxy) is 3. The standard InChI is InChI=1S/C21H24N2O7S/c1-13(24)22-9-8-15-5-7-19(31-15)16(25)12-30-20(26)11-23-21(27)14-4-6-17(28-2)18(10-14)29-3/h4-7,10H,8-9,11-12H2,1-3H3,(H,22,24)(H,23,27). The largest absolute Gasteiger partial charge is 0.493 e. The minimum Gasteiger partial charge on any atom is -0.493 e. The fraction of sp³-hybridized carbons (Fsp3) is 0.333. The van der Waals surface area contributed by atoms with Crippen molar-refractivity contribution in [3.63, 3.8) is 0 Å². The number of carbonyl (C=O) groups excluding carboxylic acids is 4. The van der Waals surface area contributed by atoms with Gasteiger partial charge < -0.3 is 24.8 Å². The van der Waals surface area contributed by atoms with Gasteiger partial charge in [-0.3, -0.25) is 19.2 Å². The van der Waals surface area contributed by atoms with Crippen molar-refractivity contribution in [1.82, 2.24) is 10.6 Å². The highest BCUT2D eigenvalue weighted by atomic mass is 32.1. The van der Waals surface area contributed by atoms with Gasteiger partial charge in [-0.15, -0.1) is 11.3 Å². The summed E-state index contributed by atoms with van der Waals surface area (Å²) >= 11 is 1.28. The van der Waals surface area contributed by atoms with Crippen LogP contribution in [0, 0.1) is 0 Å². The number of esters is 1. The van der Waals surface area contributed by atoms with Gasteiger partial charge in [-0.1, -0.05) is 0 Å². The van der Waals surface area contributed by atoms with Gasteiger partial charge in [-0.25, -0.2) is 0 Å². The smallest absolute Gasteiger partial charge is 0.325 e. The van der Waals surface area contributed by atoms with E-state index in [0.717, 1.165) is 4.88 Å². The summed E-state index contributed by atoms with van der Waals surface area (Å²) in [6, 6.07) is 8.05. The summed E-state index contributed by atoms with van der Waals surface area (Å²) in [6.45, 7) is 1.12. The Morgan fingerprint density at radius 3 is 2.39 bits per heavy atom. The number of ketones is 1. The van der Waals surface area contributed by atoms with E-state index in [9.17, 15) is 19.2 Å². The van der Waals surface area contributed by atoms with Gasteiger partial charge in [-0.2, -0.15) is 0 Å². The molecule has 1 heterocycles. The minimum atomic E-state index is -0.732. The Labute approximate surface area is 183 Å². The number of hydrogen-bond acceptors (Lipinski definition) is 8. The second-order valence-corrected chi connectivity index (χ2v) is 7.50. The molecular formula is C21H24N2O7S. The molecule has 0 aliphatic carbocycles. The maximum atomic E-state index is 12.2. The normalized spacial score (nSPS) is 10.2. The maximum Gasteiger partial charge on any atom is 0.325 e. The Bertz CT molecular complexity index is 955. The Balaban J connectivity index is 1.77. The zero-order valence-corrected chi connectivity index (χ0v) is 18.3. The Hall–Kier alpha value is -3.40. The molecule has 2 aromatic rings. The van der Waals surface area contributed by atoms with Crippen LogP contribution in [-0.2, 0) is 20.7 Å². The first-order valence-corrected chi connectivity index (χ1v) is 10.2. The summed E-state index contributed by atoms with van der Waals surface area (Å²) in [4.78, 5) is 48.5. The molecule has 10 heteroatoms. The van der Waals surface area contributed by atoms with Crippen molar-refractivity contribution in [3.8, 4) is 11.5 Å². The van der Waals surface area contributed by atoms with E-state index in [0.29, 0.717) is 29.3 Å². The molecular weight excluding hydrogens is 424 g/mol. The molecule has 0 fully saturated rings. The molecule has 166 valence electrons. The van der Waals surface area contributed by atoms with E-state index in [1.165, 1.54) is 44.6 Å². The van der Waals surface area contributed by atoms with Crippen LogP contribution < -0.4 is 20.1 Å². The number of amides is 2. The van der Waals surface area contributed by atoms with Gasteiger partial charge in [0.2, 0.25) is 11.7 Å². The highest BCUT2D eigenvalue weighted by Crippen LogP contribution is 2.27. The molecule has 0 aliphatic rings. The average Bonchev–Trinajstić information content (AvgIpc) is 3.23. The Kier molecular flexibility index (Phi) is 9.01. The number of methoxy groups -OCH3 is 2. The summed E-state index contributed by atoms with van der Waals surface area (Å²) in [5.41, 5.74) is 0.284. The van der Waals surface area contributed by atoms with Crippen molar-refractivity contribution in [2.24, 2.45) is 0 Å². The lowest BCUT2D eigenvalue weighted by Gasteiger charge is -2.10. The third-order valence-electron chi connectivity index (χ3n) is 4.09. The number of thiophene rings is 1. The van der Waals surface area contributed by atoms with Crippen LogP contribution in [-0.4, -0.2) is 57.5 Å². The van der Waals surface area contributed by atoms with Gasteiger partial charge in [0.15, 0.2) is 18.1 Å². The van der Waals surface area contributed by atoms with Gasteiger partial charge in [-0.05, 0) is 36.8 Å². The van der Waals surface area contributed by atoms with E-state index < -0.39 is 18.5 Å². The van der Waals surface area contributed by atoms with Crippen molar-refractivity contribution in [1.29, 1.82) is 0 Å². The van der Waals surface area contributed by atoms with Crippen molar-refractivity contribution < 1.29 is 33.4 Å². The number of rotatable bonds is 11. The summed E-state index contributed by atoms with van der Waals surface area (Å²) in [7, 11) is 2.94. The molecule has 0 atom stereocenters. The topological polar surface area (TPSA) is 120 Å². The quantitative estimate of drug-likeness (QED) is 0.396. The highest BCUT2D eigenvalue weighted by molar-refractivity contribution is 7.14. The molecule has 9 nitrogen and oxygen atoms in total. The van der Waals surface area contributed by atoms with Gasteiger partial charge in [0.25, 0.3) is 5.91 Å². The van der Waals surface area contributed by atoms with E-state index in [1.54, 1.807) is 18.2 Å². The fourth-order valence-corrected chi connectivity index (χ4v) is 3.46. The molecule has 2 N–H and O–H groups in total. The van der Waals surface area contributed by atoms with E-state index in [2.05, 4.69) is 10.6 Å².